The number of ether oxygens (including phenoxy) is 2. The lowest BCUT2D eigenvalue weighted by molar-refractivity contribution is -0.157. The van der Waals surface area contributed by atoms with Gasteiger partial charge in [0.15, 0.2) is 0 Å². The van der Waals surface area contributed by atoms with E-state index in [9.17, 15) is 9.59 Å². The number of hydrogen-bond acceptors (Lipinski definition) is 4. The second kappa shape index (κ2) is 9.82. The molecule has 0 heterocycles. The molecule has 0 radical (unpaired) electrons. The number of carbonyl (C=O) groups excluding carboxylic acids is 2. The van der Waals surface area contributed by atoms with Gasteiger partial charge in [-0.25, -0.2) is 0 Å². The monoisotopic (exact) mass is 315 g/mol. The molecule has 3 unspecified atom stereocenters. The van der Waals surface area contributed by atoms with E-state index < -0.39 is 11.3 Å². The van der Waals surface area contributed by atoms with Gasteiger partial charge in [-0.3, -0.25) is 9.59 Å². The molecule has 0 aliphatic carbocycles. The summed E-state index contributed by atoms with van der Waals surface area (Å²) >= 11 is 0. The van der Waals surface area contributed by atoms with Gasteiger partial charge in [-0.1, -0.05) is 27.7 Å². The van der Waals surface area contributed by atoms with Crippen LogP contribution >= 0.6 is 0 Å². The van der Waals surface area contributed by atoms with Crippen molar-refractivity contribution in [2.75, 3.05) is 27.4 Å². The van der Waals surface area contributed by atoms with Gasteiger partial charge in [-0.05, 0) is 31.6 Å². The zero-order valence-electron chi connectivity index (χ0n) is 15.2. The van der Waals surface area contributed by atoms with E-state index in [1.165, 1.54) is 0 Å². The Kier molecular flexibility index (Phi) is 9.33. The van der Waals surface area contributed by atoms with Crippen molar-refractivity contribution in [1.29, 1.82) is 0 Å². The molecule has 0 fully saturated rings. The maximum absolute atomic E-state index is 12.4. The highest BCUT2D eigenvalue weighted by molar-refractivity contribution is 5.88. The van der Waals surface area contributed by atoms with E-state index in [2.05, 4.69) is 19.2 Å². The molecule has 1 amide bonds. The van der Waals surface area contributed by atoms with Gasteiger partial charge in [-0.2, -0.15) is 0 Å². The van der Waals surface area contributed by atoms with Crippen molar-refractivity contribution in [2.24, 2.45) is 23.2 Å². The SMILES string of the molecule is CCOC(=O)C(CC(C)C(C)CCOC)C(C)(C)C(=O)NC. The normalized spacial score (nSPS) is 15.8. The molecule has 0 rings (SSSR count). The van der Waals surface area contributed by atoms with Crippen LogP contribution in [0.3, 0.4) is 0 Å². The molecule has 0 aliphatic rings. The van der Waals surface area contributed by atoms with E-state index in [0.717, 1.165) is 6.42 Å². The molecule has 0 aromatic heterocycles. The zero-order valence-corrected chi connectivity index (χ0v) is 15.2. The Morgan fingerprint density at radius 1 is 1.18 bits per heavy atom. The van der Waals surface area contributed by atoms with Crippen LogP contribution in [0.25, 0.3) is 0 Å². The van der Waals surface area contributed by atoms with Crippen LogP contribution in [0.5, 0.6) is 0 Å². The third-order valence-electron chi connectivity index (χ3n) is 4.61. The molecular formula is C17H33NO4. The quantitative estimate of drug-likeness (QED) is 0.629. The second-order valence-electron chi connectivity index (χ2n) is 6.58. The molecule has 0 aromatic rings. The standard InChI is InChI=1S/C17H33NO4/c1-8-22-15(19)14(17(4,5)16(20)18-6)11-13(3)12(2)9-10-21-7/h12-14H,8-11H2,1-7H3,(H,18,20). The topological polar surface area (TPSA) is 64.6 Å². The minimum atomic E-state index is -0.795. The summed E-state index contributed by atoms with van der Waals surface area (Å²) < 4.78 is 10.3. The summed E-state index contributed by atoms with van der Waals surface area (Å²) in [6.45, 7) is 10.7. The van der Waals surface area contributed by atoms with Gasteiger partial charge in [0.1, 0.15) is 0 Å². The van der Waals surface area contributed by atoms with E-state index in [4.69, 9.17) is 9.47 Å². The van der Waals surface area contributed by atoms with Gasteiger partial charge in [0.05, 0.1) is 17.9 Å². The molecule has 1 N–H and O–H groups in total. The maximum Gasteiger partial charge on any atom is 0.310 e. The molecule has 22 heavy (non-hydrogen) atoms. The van der Waals surface area contributed by atoms with Gasteiger partial charge < -0.3 is 14.8 Å². The highest BCUT2D eigenvalue weighted by atomic mass is 16.5. The molecule has 130 valence electrons. The van der Waals surface area contributed by atoms with E-state index >= 15 is 0 Å². The lowest BCUT2D eigenvalue weighted by atomic mass is 9.71. The predicted molar refractivity (Wildman–Crippen MR) is 87.4 cm³/mol. The molecule has 0 saturated heterocycles. The number of esters is 1. The highest BCUT2D eigenvalue weighted by Crippen LogP contribution is 2.35. The third-order valence-corrected chi connectivity index (χ3v) is 4.61. The first-order valence-corrected chi connectivity index (χ1v) is 8.10. The van der Waals surface area contributed by atoms with Crippen LogP contribution in [0.15, 0.2) is 0 Å². The molecule has 0 aromatic carbocycles. The van der Waals surface area contributed by atoms with E-state index in [0.29, 0.717) is 31.5 Å². The molecule has 5 nitrogen and oxygen atoms in total. The van der Waals surface area contributed by atoms with Crippen LogP contribution in [0.1, 0.15) is 47.5 Å². The van der Waals surface area contributed by atoms with Crippen LogP contribution in [-0.4, -0.2) is 39.2 Å². The van der Waals surface area contributed by atoms with Crippen molar-refractivity contribution in [3.8, 4) is 0 Å². The zero-order chi connectivity index (χ0) is 17.3. The fourth-order valence-corrected chi connectivity index (χ4v) is 2.60. The lowest BCUT2D eigenvalue weighted by Gasteiger charge is -2.34. The summed E-state index contributed by atoms with van der Waals surface area (Å²) in [7, 11) is 3.28. The van der Waals surface area contributed by atoms with Crippen molar-refractivity contribution in [3.05, 3.63) is 0 Å². The first-order chi connectivity index (χ1) is 10.2. The summed E-state index contributed by atoms with van der Waals surface area (Å²) in [5, 5.41) is 2.65. The predicted octanol–water partition coefficient (Wildman–Crippen LogP) is 2.64. The Morgan fingerprint density at radius 3 is 2.23 bits per heavy atom. The summed E-state index contributed by atoms with van der Waals surface area (Å²) in [6.07, 6.45) is 1.57. The molecule has 0 spiro atoms. The largest absolute Gasteiger partial charge is 0.466 e. The number of nitrogens with one attached hydrogen (secondary N) is 1. The molecule has 5 heteroatoms. The Labute approximate surface area is 135 Å². The fraction of sp³-hybridized carbons (Fsp3) is 0.882. The number of rotatable bonds is 10. The number of hydrogen-bond donors (Lipinski definition) is 1. The van der Waals surface area contributed by atoms with Crippen LogP contribution in [-0.2, 0) is 19.1 Å². The number of methoxy groups -OCH3 is 1. The Bertz CT molecular complexity index is 355. The average molecular weight is 315 g/mol. The summed E-state index contributed by atoms with van der Waals surface area (Å²) in [5.74, 6) is -0.164. The van der Waals surface area contributed by atoms with Crippen LogP contribution in [0, 0.1) is 23.2 Å². The van der Waals surface area contributed by atoms with Gasteiger partial charge in [0, 0.05) is 20.8 Å². The number of carbonyl (C=O) groups is 2. The van der Waals surface area contributed by atoms with Gasteiger partial charge in [0.25, 0.3) is 0 Å². The van der Waals surface area contributed by atoms with E-state index in [1.54, 1.807) is 34.9 Å². The molecule has 3 atom stereocenters. The summed E-state index contributed by atoms with van der Waals surface area (Å²) in [4.78, 5) is 24.5. The first kappa shape index (κ1) is 20.9. The van der Waals surface area contributed by atoms with Crippen LogP contribution in [0.2, 0.25) is 0 Å². The van der Waals surface area contributed by atoms with Gasteiger partial charge >= 0.3 is 5.97 Å². The molecule has 0 aliphatic heterocycles. The smallest absolute Gasteiger partial charge is 0.310 e. The van der Waals surface area contributed by atoms with Crippen molar-refractivity contribution in [1.82, 2.24) is 5.32 Å². The molecular weight excluding hydrogens is 282 g/mol. The van der Waals surface area contributed by atoms with E-state index in [1.807, 2.05) is 0 Å². The fourth-order valence-electron chi connectivity index (χ4n) is 2.60. The molecule has 0 bridgehead atoms. The van der Waals surface area contributed by atoms with E-state index in [-0.39, 0.29) is 11.9 Å². The second-order valence-corrected chi connectivity index (χ2v) is 6.58. The van der Waals surface area contributed by atoms with Crippen LogP contribution < -0.4 is 5.32 Å². The third kappa shape index (κ3) is 5.95. The minimum Gasteiger partial charge on any atom is -0.466 e. The van der Waals surface area contributed by atoms with Crippen molar-refractivity contribution in [3.63, 3.8) is 0 Å². The highest BCUT2D eigenvalue weighted by Gasteiger charge is 2.42. The minimum absolute atomic E-state index is 0.137. The summed E-state index contributed by atoms with van der Waals surface area (Å²) in [5.41, 5.74) is -0.795. The Hall–Kier alpha value is -1.10. The molecule has 0 saturated carbocycles. The summed E-state index contributed by atoms with van der Waals surface area (Å²) in [6, 6.07) is 0. The Balaban J connectivity index is 5.09. The number of amides is 1. The lowest BCUT2D eigenvalue weighted by Crippen LogP contribution is -2.45. The average Bonchev–Trinajstić information content (AvgIpc) is 2.48. The van der Waals surface area contributed by atoms with Gasteiger partial charge in [0.2, 0.25) is 5.91 Å². The first-order valence-electron chi connectivity index (χ1n) is 8.10. The van der Waals surface area contributed by atoms with Crippen molar-refractivity contribution < 1.29 is 19.1 Å². The van der Waals surface area contributed by atoms with Crippen molar-refractivity contribution in [2.45, 2.75) is 47.5 Å². The Morgan fingerprint density at radius 2 is 1.77 bits per heavy atom. The van der Waals surface area contributed by atoms with Crippen LogP contribution in [0.4, 0.5) is 0 Å². The van der Waals surface area contributed by atoms with Gasteiger partial charge in [-0.15, -0.1) is 0 Å². The maximum atomic E-state index is 12.4. The van der Waals surface area contributed by atoms with Crippen molar-refractivity contribution >= 4 is 11.9 Å².